The molecule has 1 saturated heterocycles. The Morgan fingerprint density at radius 1 is 1.12 bits per heavy atom. The number of aliphatic hydroxyl groups is 3. The maximum atomic E-state index is 12.3. The minimum atomic E-state index is -1.89. The number of hydrogen-bond donors (Lipinski definition) is 6. The van der Waals surface area contributed by atoms with Crippen molar-refractivity contribution in [2.24, 2.45) is 0 Å². The molecule has 3 rings (SSSR count). The molecule has 1 aliphatic heterocycles. The van der Waals surface area contributed by atoms with Gasteiger partial charge in [-0.2, -0.15) is 0 Å². The highest BCUT2D eigenvalue weighted by Crippen LogP contribution is 2.29. The van der Waals surface area contributed by atoms with Gasteiger partial charge < -0.3 is 40.0 Å². The van der Waals surface area contributed by atoms with Crippen LogP contribution in [0.4, 0.5) is 0 Å². The van der Waals surface area contributed by atoms with Crippen molar-refractivity contribution in [2.75, 3.05) is 0 Å². The third kappa shape index (κ3) is 2.91. The van der Waals surface area contributed by atoms with Crippen molar-refractivity contribution in [2.45, 2.75) is 30.7 Å². The van der Waals surface area contributed by atoms with E-state index in [1.807, 2.05) is 0 Å². The fourth-order valence-electron chi connectivity index (χ4n) is 2.64. The molecule has 134 valence electrons. The molecule has 0 aliphatic carbocycles. The van der Waals surface area contributed by atoms with Crippen LogP contribution < -0.4 is 0 Å². The zero-order valence-corrected chi connectivity index (χ0v) is 12.6. The first-order valence-corrected chi connectivity index (χ1v) is 7.23. The van der Waals surface area contributed by atoms with Gasteiger partial charge in [0.1, 0.15) is 24.1 Å². The Labute approximate surface area is 139 Å². The average molecular weight is 353 g/mol. The van der Waals surface area contributed by atoms with E-state index in [0.717, 1.165) is 0 Å². The summed E-state index contributed by atoms with van der Waals surface area (Å²) in [6.07, 6.45) is -8.06. The Bertz CT molecular complexity index is 816. The molecule has 25 heavy (non-hydrogen) atoms. The standard InChI is InChI=1S/C15H15NO9/c17-7-3-1-2-6-8(7)5(4-16-6)14(23)25-15-11(20)9(18)10(19)12(24-15)13(21)22/h1-4,9-12,15-20H,(H,21,22). The zero-order valence-electron chi connectivity index (χ0n) is 12.6. The van der Waals surface area contributed by atoms with E-state index in [2.05, 4.69) is 4.98 Å². The summed E-state index contributed by atoms with van der Waals surface area (Å²) in [4.78, 5) is 26.1. The highest BCUT2D eigenvalue weighted by atomic mass is 16.7. The third-order valence-corrected chi connectivity index (χ3v) is 3.94. The van der Waals surface area contributed by atoms with Gasteiger partial charge >= 0.3 is 11.9 Å². The number of carboxylic acids is 1. The van der Waals surface area contributed by atoms with E-state index < -0.39 is 42.6 Å². The first-order valence-electron chi connectivity index (χ1n) is 7.23. The first-order chi connectivity index (χ1) is 11.8. The predicted molar refractivity (Wildman–Crippen MR) is 79.7 cm³/mol. The van der Waals surface area contributed by atoms with Crippen LogP contribution >= 0.6 is 0 Å². The molecule has 6 N–H and O–H groups in total. The molecule has 1 aromatic carbocycles. The van der Waals surface area contributed by atoms with E-state index in [1.54, 1.807) is 12.1 Å². The fraction of sp³-hybridized carbons (Fsp3) is 0.333. The number of hydrogen-bond acceptors (Lipinski definition) is 8. The lowest BCUT2D eigenvalue weighted by Crippen LogP contribution is -2.60. The minimum absolute atomic E-state index is 0.0728. The van der Waals surface area contributed by atoms with Gasteiger partial charge in [-0.15, -0.1) is 0 Å². The summed E-state index contributed by atoms with van der Waals surface area (Å²) in [5.41, 5.74) is 0.382. The van der Waals surface area contributed by atoms with Crippen LogP contribution in [0.15, 0.2) is 24.4 Å². The number of aliphatic carboxylic acids is 1. The van der Waals surface area contributed by atoms with Gasteiger partial charge in [-0.3, -0.25) is 0 Å². The van der Waals surface area contributed by atoms with Crippen molar-refractivity contribution in [1.82, 2.24) is 4.98 Å². The maximum Gasteiger partial charge on any atom is 0.342 e. The molecule has 10 heteroatoms. The summed E-state index contributed by atoms with van der Waals surface area (Å²) in [7, 11) is 0. The number of ether oxygens (including phenoxy) is 2. The summed E-state index contributed by atoms with van der Waals surface area (Å²) < 4.78 is 9.81. The number of esters is 1. The van der Waals surface area contributed by atoms with Crippen molar-refractivity contribution in [3.8, 4) is 5.75 Å². The van der Waals surface area contributed by atoms with Gasteiger partial charge in [0.25, 0.3) is 0 Å². The number of carbonyl (C=O) groups is 2. The number of nitrogens with one attached hydrogen (secondary N) is 1. The molecule has 5 atom stereocenters. The number of fused-ring (bicyclic) bond motifs is 1. The number of rotatable bonds is 3. The van der Waals surface area contributed by atoms with E-state index in [0.29, 0.717) is 5.52 Å². The molecule has 0 radical (unpaired) electrons. The summed E-state index contributed by atoms with van der Waals surface area (Å²) in [6.45, 7) is 0. The Balaban J connectivity index is 1.85. The van der Waals surface area contributed by atoms with Crippen LogP contribution in [0, 0.1) is 0 Å². The first kappa shape index (κ1) is 17.2. The maximum absolute atomic E-state index is 12.3. The summed E-state index contributed by atoms with van der Waals surface area (Å²) in [5.74, 6) is -2.80. The molecular formula is C15H15NO9. The lowest BCUT2D eigenvalue weighted by Gasteiger charge is -2.37. The average Bonchev–Trinajstić information content (AvgIpc) is 3.00. The molecular weight excluding hydrogens is 338 g/mol. The van der Waals surface area contributed by atoms with Crippen molar-refractivity contribution < 1.29 is 44.6 Å². The number of carbonyl (C=O) groups excluding carboxylic acids is 1. The second-order valence-corrected chi connectivity index (χ2v) is 5.54. The summed E-state index contributed by atoms with van der Waals surface area (Å²) in [5, 5.41) is 48.2. The Kier molecular flexibility index (Phi) is 4.35. The summed E-state index contributed by atoms with van der Waals surface area (Å²) in [6, 6.07) is 4.53. The highest BCUT2D eigenvalue weighted by molar-refractivity contribution is 6.06. The van der Waals surface area contributed by atoms with Gasteiger partial charge in [0, 0.05) is 6.20 Å². The minimum Gasteiger partial charge on any atom is -0.507 e. The van der Waals surface area contributed by atoms with Crippen molar-refractivity contribution in [1.29, 1.82) is 0 Å². The second-order valence-electron chi connectivity index (χ2n) is 5.54. The van der Waals surface area contributed by atoms with Crippen molar-refractivity contribution >= 4 is 22.8 Å². The molecule has 0 bridgehead atoms. The lowest BCUT2D eigenvalue weighted by atomic mass is 9.99. The Hall–Kier alpha value is -2.66. The molecule has 2 heterocycles. The van der Waals surface area contributed by atoms with E-state index in [9.17, 15) is 30.0 Å². The number of H-pyrrole nitrogens is 1. The highest BCUT2D eigenvalue weighted by Gasteiger charge is 2.48. The van der Waals surface area contributed by atoms with E-state index in [-0.39, 0.29) is 16.7 Å². The number of carboxylic acid groups (broad SMARTS) is 1. The quantitative estimate of drug-likeness (QED) is 0.376. The van der Waals surface area contributed by atoms with Gasteiger partial charge in [-0.1, -0.05) is 6.07 Å². The van der Waals surface area contributed by atoms with Crippen molar-refractivity contribution in [3.05, 3.63) is 30.0 Å². The van der Waals surface area contributed by atoms with Crippen LogP contribution in [0.2, 0.25) is 0 Å². The number of phenolic OH excluding ortho intramolecular Hbond substituents is 1. The Morgan fingerprint density at radius 2 is 1.84 bits per heavy atom. The number of benzene rings is 1. The van der Waals surface area contributed by atoms with Gasteiger partial charge in [0.2, 0.25) is 6.29 Å². The van der Waals surface area contributed by atoms with Crippen LogP contribution in [-0.4, -0.2) is 73.2 Å². The molecule has 0 spiro atoms. The van der Waals surface area contributed by atoms with Crippen LogP contribution in [-0.2, 0) is 14.3 Å². The molecule has 0 saturated carbocycles. The number of aromatic nitrogens is 1. The number of aliphatic hydroxyl groups excluding tert-OH is 3. The summed E-state index contributed by atoms with van der Waals surface area (Å²) >= 11 is 0. The smallest absolute Gasteiger partial charge is 0.342 e. The monoisotopic (exact) mass is 353 g/mol. The number of aromatic amines is 1. The molecule has 0 amide bonds. The second kappa shape index (κ2) is 6.33. The Morgan fingerprint density at radius 3 is 2.52 bits per heavy atom. The van der Waals surface area contributed by atoms with Gasteiger partial charge in [0.15, 0.2) is 6.10 Å². The fourth-order valence-corrected chi connectivity index (χ4v) is 2.64. The van der Waals surface area contributed by atoms with Gasteiger partial charge in [-0.25, -0.2) is 9.59 Å². The normalized spacial score (nSPS) is 29.5. The van der Waals surface area contributed by atoms with Crippen LogP contribution in [0.5, 0.6) is 5.75 Å². The zero-order chi connectivity index (χ0) is 18.3. The molecule has 2 aromatic rings. The van der Waals surface area contributed by atoms with E-state index in [1.165, 1.54) is 12.3 Å². The lowest BCUT2D eigenvalue weighted by molar-refractivity contribution is -0.278. The molecule has 1 aromatic heterocycles. The molecule has 10 nitrogen and oxygen atoms in total. The van der Waals surface area contributed by atoms with E-state index >= 15 is 0 Å². The molecule has 1 fully saturated rings. The third-order valence-electron chi connectivity index (χ3n) is 3.94. The largest absolute Gasteiger partial charge is 0.507 e. The van der Waals surface area contributed by atoms with Crippen molar-refractivity contribution in [3.63, 3.8) is 0 Å². The SMILES string of the molecule is O=C(OC1OC(C(=O)O)C(O)C(O)C1O)c1c[nH]c2cccc(O)c12. The predicted octanol–water partition coefficient (Wildman–Crippen LogP) is -1.08. The van der Waals surface area contributed by atoms with Gasteiger partial charge in [0.05, 0.1) is 16.5 Å². The van der Waals surface area contributed by atoms with E-state index in [4.69, 9.17) is 14.6 Å². The molecule has 5 unspecified atom stereocenters. The van der Waals surface area contributed by atoms with Crippen LogP contribution in [0.3, 0.4) is 0 Å². The van der Waals surface area contributed by atoms with Crippen LogP contribution in [0.25, 0.3) is 10.9 Å². The number of phenols is 1. The van der Waals surface area contributed by atoms with Crippen LogP contribution in [0.1, 0.15) is 10.4 Å². The topological polar surface area (TPSA) is 170 Å². The molecule has 1 aliphatic rings. The van der Waals surface area contributed by atoms with Gasteiger partial charge in [-0.05, 0) is 12.1 Å². The number of aromatic hydroxyl groups is 1.